The van der Waals surface area contributed by atoms with Crippen molar-refractivity contribution in [1.82, 2.24) is 0 Å². The minimum Gasteiger partial charge on any atom is -0.357 e. The highest BCUT2D eigenvalue weighted by atomic mass is 32.2. The molecule has 0 bridgehead atoms. The molecule has 0 aliphatic heterocycles. The van der Waals surface area contributed by atoms with Crippen LogP contribution in [-0.2, 0) is 16.3 Å². The number of nitrogens with zero attached hydrogens (tertiary/aromatic N) is 1. The number of hydrogen-bond acceptors (Lipinski definition) is 3. The molecule has 1 amide bonds. The van der Waals surface area contributed by atoms with Crippen LogP contribution in [-0.4, -0.2) is 9.45 Å². The van der Waals surface area contributed by atoms with E-state index in [0.29, 0.717) is 4.90 Å². The molecule has 0 spiro atoms. The Hall–Kier alpha value is -2.14. The molecule has 2 rings (SSSR count). The van der Waals surface area contributed by atoms with Gasteiger partial charge in [0.25, 0.3) is 0 Å². The molecule has 0 heterocycles. The number of primary amides is 1. The monoisotopic (exact) mass is 274 g/mol. The van der Waals surface area contributed by atoms with Crippen molar-refractivity contribution in [2.45, 2.75) is 11.4 Å². The normalized spacial score (nSPS) is 13.5. The molecule has 1 unspecified atom stereocenters. The van der Waals surface area contributed by atoms with E-state index in [2.05, 4.69) is 4.36 Å². The molecular weight excluding hydrogens is 260 g/mol. The Morgan fingerprint density at radius 3 is 2.05 bits per heavy atom. The molecule has 0 fully saturated rings. The van der Waals surface area contributed by atoms with E-state index in [1.54, 1.807) is 30.3 Å². The summed E-state index contributed by atoms with van der Waals surface area (Å²) in [4.78, 5) is 11.8. The predicted octanol–water partition coefficient (Wildman–Crippen LogP) is 2.79. The summed E-state index contributed by atoms with van der Waals surface area (Å²) in [6.45, 7) is 0.192. The van der Waals surface area contributed by atoms with Crippen molar-refractivity contribution in [3.63, 3.8) is 0 Å². The quantitative estimate of drug-likeness (QED) is 0.934. The lowest BCUT2D eigenvalue weighted by Crippen LogP contribution is -2.21. The van der Waals surface area contributed by atoms with Gasteiger partial charge in [-0.3, -0.25) is 4.79 Å². The lowest BCUT2D eigenvalue weighted by molar-refractivity contribution is 0.266. The minimum absolute atomic E-state index is 0.192. The zero-order valence-corrected chi connectivity index (χ0v) is 11.0. The maximum atomic E-state index is 12.6. The van der Waals surface area contributed by atoms with Crippen LogP contribution in [0.1, 0.15) is 5.56 Å². The average molecular weight is 274 g/mol. The topological polar surface area (TPSA) is 72.5 Å². The third kappa shape index (κ3) is 3.00. The zero-order chi connectivity index (χ0) is 13.7. The first-order chi connectivity index (χ1) is 9.13. The van der Waals surface area contributed by atoms with Gasteiger partial charge in [0, 0.05) is 0 Å². The number of hydrogen-bond donors (Lipinski definition) is 1. The van der Waals surface area contributed by atoms with Gasteiger partial charge in [0.1, 0.15) is 0 Å². The van der Waals surface area contributed by atoms with Crippen LogP contribution in [0.3, 0.4) is 0 Å². The molecule has 5 heteroatoms. The molecule has 19 heavy (non-hydrogen) atoms. The highest BCUT2D eigenvalue weighted by molar-refractivity contribution is 8.08. The van der Waals surface area contributed by atoms with Crippen LogP contribution in [0.15, 0.2) is 69.9 Å². The van der Waals surface area contributed by atoms with Gasteiger partial charge in [-0.2, -0.15) is 0 Å². The van der Waals surface area contributed by atoms with Crippen LogP contribution < -0.4 is 5.73 Å². The summed E-state index contributed by atoms with van der Waals surface area (Å²) in [5.41, 5.74) is 6.14. The van der Waals surface area contributed by atoms with Crippen molar-refractivity contribution in [2.24, 2.45) is 10.1 Å². The molecule has 0 radical (unpaired) electrons. The van der Waals surface area contributed by atoms with E-state index in [9.17, 15) is 9.00 Å². The Bertz CT molecular complexity index is 675. The number of carbonyl (C=O) groups is 1. The van der Waals surface area contributed by atoms with Crippen molar-refractivity contribution in [3.8, 4) is 0 Å². The lowest BCUT2D eigenvalue weighted by atomic mass is 10.2. The fraction of sp³-hybridized carbons (Fsp3) is 0.0714. The predicted molar refractivity (Wildman–Crippen MR) is 75.0 cm³/mol. The maximum Gasteiger partial charge on any atom is 0.319 e. The Morgan fingerprint density at radius 2 is 1.53 bits per heavy atom. The van der Waals surface area contributed by atoms with Gasteiger partial charge in [0.05, 0.1) is 11.4 Å². The summed E-state index contributed by atoms with van der Waals surface area (Å²) >= 11 is 0. The third-order valence-corrected chi connectivity index (χ3v) is 4.56. The van der Waals surface area contributed by atoms with Gasteiger partial charge in [-0.05, 0) is 17.7 Å². The van der Waals surface area contributed by atoms with Gasteiger partial charge >= 0.3 is 5.24 Å². The van der Waals surface area contributed by atoms with Crippen LogP contribution in [0.2, 0.25) is 0 Å². The van der Waals surface area contributed by atoms with Crippen molar-refractivity contribution in [2.75, 3.05) is 0 Å². The first-order valence-electron chi connectivity index (χ1n) is 5.74. The fourth-order valence-electron chi connectivity index (χ4n) is 1.61. The lowest BCUT2D eigenvalue weighted by Gasteiger charge is -2.06. The molecule has 0 aliphatic rings. The number of benzene rings is 2. The average Bonchev–Trinajstić information content (AvgIpc) is 2.46. The zero-order valence-electron chi connectivity index (χ0n) is 10.2. The molecule has 0 saturated carbocycles. The van der Waals surface area contributed by atoms with Crippen molar-refractivity contribution >= 4 is 15.0 Å². The van der Waals surface area contributed by atoms with Crippen LogP contribution in [0.5, 0.6) is 0 Å². The second-order valence-electron chi connectivity index (χ2n) is 3.93. The SMILES string of the molecule is NC(=O)S(=O)(=NCc1ccccc1)c1ccccc1. The van der Waals surface area contributed by atoms with E-state index < -0.39 is 15.0 Å². The first-order valence-corrected chi connectivity index (χ1v) is 7.26. The van der Waals surface area contributed by atoms with Crippen LogP contribution in [0, 0.1) is 0 Å². The Kier molecular flexibility index (Phi) is 3.97. The van der Waals surface area contributed by atoms with Gasteiger partial charge in [0.2, 0.25) is 0 Å². The van der Waals surface area contributed by atoms with E-state index in [1.165, 1.54) is 0 Å². The fourth-order valence-corrected chi connectivity index (χ4v) is 2.97. The molecule has 4 nitrogen and oxygen atoms in total. The highest BCUT2D eigenvalue weighted by Crippen LogP contribution is 2.15. The number of nitrogens with two attached hydrogens (primary N) is 1. The smallest absolute Gasteiger partial charge is 0.319 e. The van der Waals surface area contributed by atoms with E-state index in [-0.39, 0.29) is 6.54 Å². The van der Waals surface area contributed by atoms with Crippen molar-refractivity contribution in [3.05, 3.63) is 66.2 Å². The molecule has 1 atom stereocenters. The van der Waals surface area contributed by atoms with Gasteiger partial charge in [0.15, 0.2) is 9.73 Å². The molecule has 2 aromatic carbocycles. The Balaban J connectivity index is 2.41. The van der Waals surface area contributed by atoms with Crippen LogP contribution in [0.4, 0.5) is 4.79 Å². The standard InChI is InChI=1S/C14H14N2O2S/c15-14(17)19(18,13-9-5-2-6-10-13)16-11-12-7-3-1-4-8-12/h1-10H,11H2,(H2,15,17). The number of carbonyl (C=O) groups excluding carboxylic acids is 1. The molecule has 98 valence electrons. The molecule has 0 aromatic heterocycles. The second-order valence-corrected chi connectivity index (χ2v) is 6.11. The molecule has 0 aliphatic carbocycles. The highest BCUT2D eigenvalue weighted by Gasteiger charge is 2.18. The first kappa shape index (κ1) is 13.3. The summed E-state index contributed by atoms with van der Waals surface area (Å²) in [5.74, 6) is 0. The largest absolute Gasteiger partial charge is 0.357 e. The third-order valence-electron chi connectivity index (χ3n) is 2.61. The number of amides is 1. The molecule has 2 aromatic rings. The van der Waals surface area contributed by atoms with Crippen LogP contribution >= 0.6 is 0 Å². The Labute approximate surface area is 112 Å². The van der Waals surface area contributed by atoms with E-state index >= 15 is 0 Å². The van der Waals surface area contributed by atoms with Gasteiger partial charge < -0.3 is 5.73 Å². The minimum atomic E-state index is -3.22. The summed E-state index contributed by atoms with van der Waals surface area (Å²) in [5, 5.41) is -0.908. The maximum absolute atomic E-state index is 12.6. The molecule has 2 N–H and O–H groups in total. The number of rotatable bonds is 3. The van der Waals surface area contributed by atoms with E-state index in [0.717, 1.165) is 5.56 Å². The van der Waals surface area contributed by atoms with Crippen molar-refractivity contribution in [1.29, 1.82) is 0 Å². The van der Waals surface area contributed by atoms with Gasteiger partial charge in [-0.15, -0.1) is 0 Å². The summed E-state index contributed by atoms with van der Waals surface area (Å²) in [6.07, 6.45) is 0. The van der Waals surface area contributed by atoms with Crippen molar-refractivity contribution < 1.29 is 9.00 Å². The van der Waals surface area contributed by atoms with E-state index in [1.807, 2.05) is 30.3 Å². The summed E-state index contributed by atoms with van der Waals surface area (Å²) in [7, 11) is -3.22. The van der Waals surface area contributed by atoms with E-state index in [4.69, 9.17) is 5.73 Å². The van der Waals surface area contributed by atoms with Gasteiger partial charge in [-0.1, -0.05) is 48.5 Å². The summed E-state index contributed by atoms with van der Waals surface area (Å²) < 4.78 is 16.7. The summed E-state index contributed by atoms with van der Waals surface area (Å²) in [6, 6.07) is 17.7. The van der Waals surface area contributed by atoms with Crippen LogP contribution in [0.25, 0.3) is 0 Å². The second kappa shape index (κ2) is 5.67. The molecular formula is C14H14N2O2S. The van der Waals surface area contributed by atoms with Gasteiger partial charge in [-0.25, -0.2) is 8.57 Å². The molecule has 0 saturated heterocycles. The Morgan fingerprint density at radius 1 is 1.00 bits per heavy atom.